The average molecular weight is 344 g/mol. The first-order chi connectivity index (χ1) is 10.7. The van der Waals surface area contributed by atoms with Gasteiger partial charge in [-0.25, -0.2) is 8.42 Å². The van der Waals surface area contributed by atoms with Gasteiger partial charge in [0, 0.05) is 17.1 Å². The van der Waals surface area contributed by atoms with E-state index < -0.39 is 21.8 Å². The van der Waals surface area contributed by atoms with Gasteiger partial charge in [0.2, 0.25) is 10.0 Å². The van der Waals surface area contributed by atoms with Crippen LogP contribution in [0.25, 0.3) is 0 Å². The van der Waals surface area contributed by atoms with Gasteiger partial charge in [-0.1, -0.05) is 6.07 Å². The van der Waals surface area contributed by atoms with Gasteiger partial charge < -0.3 is 5.32 Å². The Morgan fingerprint density at radius 2 is 1.57 bits per heavy atom. The molecule has 2 aromatic rings. The highest BCUT2D eigenvalue weighted by Crippen LogP contribution is 2.31. The fourth-order valence-corrected chi connectivity index (χ4v) is 2.45. The van der Waals surface area contributed by atoms with Crippen molar-refractivity contribution in [1.82, 2.24) is 0 Å². The summed E-state index contributed by atoms with van der Waals surface area (Å²) in [6.07, 6.45) is -4.40. The topological polar surface area (TPSA) is 58.2 Å². The van der Waals surface area contributed by atoms with Gasteiger partial charge in [0.25, 0.3) is 0 Å². The number of sulfonamides is 1. The normalized spacial score (nSPS) is 12.0. The Balaban J connectivity index is 2.13. The summed E-state index contributed by atoms with van der Waals surface area (Å²) in [7, 11) is -3.36. The number of nitrogens with one attached hydrogen (secondary N) is 2. The first-order valence-electron chi connectivity index (χ1n) is 6.74. The third-order valence-corrected chi connectivity index (χ3v) is 4.32. The minimum atomic E-state index is -4.40. The van der Waals surface area contributed by atoms with E-state index in [4.69, 9.17) is 0 Å². The van der Waals surface area contributed by atoms with Gasteiger partial charge >= 0.3 is 6.18 Å². The van der Waals surface area contributed by atoms with Crippen molar-refractivity contribution >= 4 is 27.1 Å². The highest BCUT2D eigenvalue weighted by atomic mass is 32.2. The lowest BCUT2D eigenvalue weighted by Gasteiger charge is -2.11. The predicted octanol–water partition coefficient (Wildman–Crippen LogP) is 4.21. The van der Waals surface area contributed by atoms with Crippen LogP contribution in [-0.4, -0.2) is 14.2 Å². The zero-order chi connectivity index (χ0) is 17.1. The van der Waals surface area contributed by atoms with Crippen LogP contribution in [0.15, 0.2) is 48.5 Å². The van der Waals surface area contributed by atoms with Crippen molar-refractivity contribution in [2.45, 2.75) is 13.1 Å². The zero-order valence-electron chi connectivity index (χ0n) is 12.2. The molecule has 0 aliphatic heterocycles. The van der Waals surface area contributed by atoms with Crippen LogP contribution >= 0.6 is 0 Å². The van der Waals surface area contributed by atoms with Gasteiger partial charge in [0.15, 0.2) is 0 Å². The summed E-state index contributed by atoms with van der Waals surface area (Å²) in [5.74, 6) is -0.0444. The molecule has 124 valence electrons. The molecule has 0 heterocycles. The van der Waals surface area contributed by atoms with E-state index in [2.05, 4.69) is 10.0 Å². The minimum Gasteiger partial charge on any atom is -0.356 e. The molecule has 23 heavy (non-hydrogen) atoms. The highest BCUT2D eigenvalue weighted by Gasteiger charge is 2.30. The van der Waals surface area contributed by atoms with Crippen molar-refractivity contribution in [2.75, 3.05) is 15.8 Å². The molecule has 0 aromatic heterocycles. The molecular weight excluding hydrogens is 329 g/mol. The molecule has 0 unspecified atom stereocenters. The molecule has 8 heteroatoms. The Kier molecular flexibility index (Phi) is 4.84. The van der Waals surface area contributed by atoms with Crippen molar-refractivity contribution in [3.63, 3.8) is 0 Å². The predicted molar refractivity (Wildman–Crippen MR) is 84.3 cm³/mol. The molecule has 0 aliphatic rings. The lowest BCUT2D eigenvalue weighted by Crippen LogP contribution is -2.14. The van der Waals surface area contributed by atoms with Crippen molar-refractivity contribution in [2.24, 2.45) is 0 Å². The fraction of sp³-hybridized carbons (Fsp3) is 0.200. The van der Waals surface area contributed by atoms with Gasteiger partial charge in [0.1, 0.15) is 0 Å². The zero-order valence-corrected chi connectivity index (χ0v) is 13.0. The maximum atomic E-state index is 12.7. The third kappa shape index (κ3) is 4.88. The molecule has 0 atom stereocenters. The van der Waals surface area contributed by atoms with Crippen molar-refractivity contribution in [3.8, 4) is 0 Å². The molecule has 4 nitrogen and oxygen atoms in total. The number of hydrogen-bond donors (Lipinski definition) is 2. The largest absolute Gasteiger partial charge is 0.416 e. The third-order valence-electron chi connectivity index (χ3n) is 3.02. The maximum Gasteiger partial charge on any atom is 0.416 e. The summed E-state index contributed by atoms with van der Waals surface area (Å²) in [6, 6.07) is 11.0. The van der Waals surface area contributed by atoms with Crippen molar-refractivity contribution in [1.29, 1.82) is 0 Å². The highest BCUT2D eigenvalue weighted by molar-refractivity contribution is 7.92. The molecule has 2 rings (SSSR count). The molecule has 0 fully saturated rings. The number of halogens is 3. The van der Waals surface area contributed by atoms with E-state index in [0.29, 0.717) is 17.1 Å². The van der Waals surface area contributed by atoms with E-state index in [0.717, 1.165) is 12.1 Å². The Labute approximate surface area is 132 Å². The molecular formula is C15H15F3N2O2S. The lowest BCUT2D eigenvalue weighted by molar-refractivity contribution is -0.137. The summed E-state index contributed by atoms with van der Waals surface area (Å²) >= 11 is 0. The first kappa shape index (κ1) is 17.1. The first-order valence-corrected chi connectivity index (χ1v) is 8.40. The quantitative estimate of drug-likeness (QED) is 0.854. The Morgan fingerprint density at radius 1 is 0.957 bits per heavy atom. The molecule has 2 N–H and O–H groups in total. The molecule has 0 saturated carbocycles. The number of anilines is 3. The molecule has 0 radical (unpaired) electrons. The Morgan fingerprint density at radius 3 is 2.13 bits per heavy atom. The Bertz CT molecular complexity index is 772. The van der Waals surface area contributed by atoms with Gasteiger partial charge in [-0.2, -0.15) is 13.2 Å². The second-order valence-corrected chi connectivity index (χ2v) is 6.80. The van der Waals surface area contributed by atoms with Crippen LogP contribution in [-0.2, 0) is 16.2 Å². The number of rotatable bonds is 5. The summed E-state index contributed by atoms with van der Waals surface area (Å²) in [5.41, 5.74) is 0.488. The molecule has 0 bridgehead atoms. The van der Waals surface area contributed by atoms with E-state index in [-0.39, 0.29) is 5.75 Å². The van der Waals surface area contributed by atoms with Crippen molar-refractivity contribution < 1.29 is 21.6 Å². The number of hydrogen-bond acceptors (Lipinski definition) is 3. The van der Waals surface area contributed by atoms with Crippen LogP contribution in [0.3, 0.4) is 0 Å². The second-order valence-electron chi connectivity index (χ2n) is 4.79. The van der Waals surface area contributed by atoms with Crippen LogP contribution in [0.5, 0.6) is 0 Å². The van der Waals surface area contributed by atoms with E-state index in [9.17, 15) is 21.6 Å². The standard InChI is InChI=1S/C15H15F3N2O2S/c1-2-23(21,22)20-13-8-6-12(7-9-13)19-14-5-3-4-11(10-14)15(16,17)18/h3-10,19-20H,2H2,1H3. The SMILES string of the molecule is CCS(=O)(=O)Nc1ccc(Nc2cccc(C(F)(F)F)c2)cc1. The van der Waals surface area contributed by atoms with E-state index in [1.54, 1.807) is 12.1 Å². The molecule has 0 saturated heterocycles. The molecule has 2 aromatic carbocycles. The maximum absolute atomic E-state index is 12.7. The van der Waals surface area contributed by atoms with Crippen LogP contribution in [0.2, 0.25) is 0 Å². The minimum absolute atomic E-state index is 0.0444. The molecule has 0 amide bonds. The lowest BCUT2D eigenvalue weighted by atomic mass is 10.2. The number of alkyl halides is 3. The van der Waals surface area contributed by atoms with Crippen LogP contribution < -0.4 is 10.0 Å². The van der Waals surface area contributed by atoms with Gasteiger partial charge in [-0.3, -0.25) is 4.72 Å². The Hall–Kier alpha value is -2.22. The summed E-state index contributed by atoms with van der Waals surface area (Å²) in [6.45, 7) is 1.52. The van der Waals surface area contributed by atoms with Crippen LogP contribution in [0.1, 0.15) is 12.5 Å². The average Bonchev–Trinajstić information content (AvgIpc) is 2.48. The summed E-state index contributed by atoms with van der Waals surface area (Å²) in [5, 5.41) is 2.84. The van der Waals surface area contributed by atoms with Gasteiger partial charge in [0.05, 0.1) is 11.3 Å². The monoisotopic (exact) mass is 344 g/mol. The smallest absolute Gasteiger partial charge is 0.356 e. The van der Waals surface area contributed by atoms with Gasteiger partial charge in [-0.05, 0) is 49.4 Å². The summed E-state index contributed by atoms with van der Waals surface area (Å²) < 4.78 is 63.2. The van der Waals surface area contributed by atoms with E-state index in [1.165, 1.54) is 31.2 Å². The fourth-order valence-electron chi connectivity index (χ4n) is 1.81. The molecule has 0 aliphatic carbocycles. The van der Waals surface area contributed by atoms with Gasteiger partial charge in [-0.15, -0.1) is 0 Å². The summed E-state index contributed by atoms with van der Waals surface area (Å²) in [4.78, 5) is 0. The number of benzene rings is 2. The van der Waals surface area contributed by atoms with Crippen LogP contribution in [0, 0.1) is 0 Å². The van der Waals surface area contributed by atoms with E-state index >= 15 is 0 Å². The van der Waals surface area contributed by atoms with Crippen molar-refractivity contribution in [3.05, 3.63) is 54.1 Å². The molecule has 0 spiro atoms. The van der Waals surface area contributed by atoms with E-state index in [1.807, 2.05) is 0 Å². The second kappa shape index (κ2) is 6.49. The van der Waals surface area contributed by atoms with Crippen LogP contribution in [0.4, 0.5) is 30.2 Å².